The second-order valence-electron chi connectivity index (χ2n) is 7.41. The molecule has 1 aliphatic heterocycles. The van der Waals surface area contributed by atoms with Gasteiger partial charge in [-0.15, -0.1) is 11.3 Å². The molecular weight excluding hydrogens is 320 g/mol. The fraction of sp³-hybridized carbons (Fsp3) is 0.556. The molecule has 5 nitrogen and oxygen atoms in total. The number of aromatic nitrogens is 3. The summed E-state index contributed by atoms with van der Waals surface area (Å²) < 4.78 is 0. The third kappa shape index (κ3) is 3.98. The van der Waals surface area contributed by atoms with Crippen molar-refractivity contribution in [2.45, 2.75) is 45.4 Å². The van der Waals surface area contributed by atoms with E-state index in [1.807, 2.05) is 4.90 Å². The molecule has 1 fully saturated rings. The first-order valence-corrected chi connectivity index (χ1v) is 9.31. The average molecular weight is 344 g/mol. The summed E-state index contributed by atoms with van der Waals surface area (Å²) in [7, 11) is 0. The molecule has 0 atom stereocenters. The molecule has 0 radical (unpaired) electrons. The Bertz CT molecular complexity index is 685. The quantitative estimate of drug-likeness (QED) is 0.857. The van der Waals surface area contributed by atoms with Gasteiger partial charge >= 0.3 is 0 Å². The Morgan fingerprint density at radius 2 is 2.04 bits per heavy atom. The molecule has 3 rings (SSSR count). The number of piperidine rings is 1. The van der Waals surface area contributed by atoms with Gasteiger partial charge in [0.05, 0.1) is 16.9 Å². The molecule has 24 heavy (non-hydrogen) atoms. The van der Waals surface area contributed by atoms with Crippen LogP contribution in [0, 0.1) is 5.92 Å². The number of amides is 1. The molecule has 1 aliphatic rings. The van der Waals surface area contributed by atoms with Gasteiger partial charge in [0.2, 0.25) is 0 Å². The van der Waals surface area contributed by atoms with Gasteiger partial charge in [0.15, 0.2) is 0 Å². The second-order valence-corrected chi connectivity index (χ2v) is 8.35. The van der Waals surface area contributed by atoms with E-state index in [0.717, 1.165) is 32.4 Å². The van der Waals surface area contributed by atoms with Gasteiger partial charge in [-0.3, -0.25) is 9.78 Å². The van der Waals surface area contributed by atoms with E-state index in [4.69, 9.17) is 4.98 Å². The predicted octanol–water partition coefficient (Wildman–Crippen LogP) is 3.33. The fourth-order valence-electron chi connectivity index (χ4n) is 2.91. The lowest BCUT2D eigenvalue weighted by atomic mass is 9.92. The van der Waals surface area contributed by atoms with Crippen molar-refractivity contribution in [3.05, 3.63) is 40.4 Å². The molecular formula is C18H24N4OS. The highest BCUT2D eigenvalue weighted by Crippen LogP contribution is 2.28. The number of carbonyl (C=O) groups excluding carboxylic acids is 1. The fourth-order valence-corrected chi connectivity index (χ4v) is 4.04. The lowest BCUT2D eigenvalue weighted by Gasteiger charge is -2.31. The number of rotatable bonds is 3. The summed E-state index contributed by atoms with van der Waals surface area (Å²) in [6, 6.07) is 0. The van der Waals surface area contributed by atoms with Crippen molar-refractivity contribution >= 4 is 17.2 Å². The minimum atomic E-state index is -0.00850. The van der Waals surface area contributed by atoms with Crippen molar-refractivity contribution in [2.24, 2.45) is 5.92 Å². The van der Waals surface area contributed by atoms with Gasteiger partial charge in [0.25, 0.3) is 5.91 Å². The number of thiazole rings is 1. The zero-order chi connectivity index (χ0) is 17.2. The van der Waals surface area contributed by atoms with Crippen LogP contribution in [0.3, 0.4) is 0 Å². The first kappa shape index (κ1) is 17.0. The molecule has 2 aromatic heterocycles. The van der Waals surface area contributed by atoms with E-state index in [1.165, 1.54) is 16.9 Å². The van der Waals surface area contributed by atoms with Crippen LogP contribution in [0.15, 0.2) is 24.0 Å². The molecule has 1 saturated heterocycles. The van der Waals surface area contributed by atoms with Crippen LogP contribution < -0.4 is 0 Å². The van der Waals surface area contributed by atoms with Gasteiger partial charge in [0.1, 0.15) is 5.69 Å². The Balaban J connectivity index is 1.54. The second kappa shape index (κ2) is 6.97. The van der Waals surface area contributed by atoms with E-state index < -0.39 is 0 Å². The van der Waals surface area contributed by atoms with Crippen molar-refractivity contribution in [3.8, 4) is 0 Å². The van der Waals surface area contributed by atoms with Crippen LogP contribution in [0.2, 0.25) is 0 Å². The molecule has 0 saturated carbocycles. The highest BCUT2D eigenvalue weighted by Gasteiger charge is 2.26. The van der Waals surface area contributed by atoms with Crippen LogP contribution in [0.1, 0.15) is 54.8 Å². The smallest absolute Gasteiger partial charge is 0.274 e. The molecule has 1 amide bonds. The number of nitrogens with zero attached hydrogens (tertiary/aromatic N) is 4. The summed E-state index contributed by atoms with van der Waals surface area (Å²) in [5.74, 6) is 0.598. The number of hydrogen-bond acceptors (Lipinski definition) is 5. The minimum Gasteiger partial charge on any atom is -0.337 e. The normalized spacial score (nSPS) is 16.4. The lowest BCUT2D eigenvalue weighted by Crippen LogP contribution is -2.39. The van der Waals surface area contributed by atoms with Crippen LogP contribution in [-0.2, 0) is 11.8 Å². The predicted molar refractivity (Wildman–Crippen MR) is 95.2 cm³/mol. The van der Waals surface area contributed by atoms with E-state index in [1.54, 1.807) is 23.7 Å². The Kier molecular flexibility index (Phi) is 4.94. The summed E-state index contributed by atoms with van der Waals surface area (Å²) >= 11 is 1.76. The maximum Gasteiger partial charge on any atom is 0.274 e. The van der Waals surface area contributed by atoms with Gasteiger partial charge in [-0.2, -0.15) is 0 Å². The molecule has 0 unspecified atom stereocenters. The van der Waals surface area contributed by atoms with E-state index in [-0.39, 0.29) is 11.3 Å². The van der Waals surface area contributed by atoms with E-state index in [9.17, 15) is 4.79 Å². The zero-order valence-corrected chi connectivity index (χ0v) is 15.3. The molecule has 0 aromatic carbocycles. The third-order valence-corrected chi connectivity index (χ3v) is 5.34. The van der Waals surface area contributed by atoms with Crippen molar-refractivity contribution in [1.82, 2.24) is 19.9 Å². The standard InChI is InChI=1S/C18H24N4OS/c1-18(2,3)15-12-24-16(21-15)10-13-4-8-22(9-5-13)17(23)14-11-19-6-7-20-14/h6-7,11-13H,4-5,8-10H2,1-3H3. The van der Waals surface area contributed by atoms with Crippen molar-refractivity contribution in [2.75, 3.05) is 13.1 Å². The van der Waals surface area contributed by atoms with Gasteiger partial charge in [-0.25, -0.2) is 9.97 Å². The zero-order valence-electron chi connectivity index (χ0n) is 14.5. The SMILES string of the molecule is CC(C)(C)c1csc(CC2CCN(C(=O)c3cnccn3)CC2)n1. The highest BCUT2D eigenvalue weighted by atomic mass is 32.1. The summed E-state index contributed by atoms with van der Waals surface area (Å²) in [5, 5.41) is 3.40. The van der Waals surface area contributed by atoms with Gasteiger partial charge in [0, 0.05) is 42.7 Å². The number of likely N-dealkylation sites (tertiary alicyclic amines) is 1. The molecule has 0 spiro atoms. The largest absolute Gasteiger partial charge is 0.337 e. The third-order valence-electron chi connectivity index (χ3n) is 4.47. The minimum absolute atomic E-state index is 0.00850. The molecule has 6 heteroatoms. The van der Waals surface area contributed by atoms with Crippen molar-refractivity contribution in [3.63, 3.8) is 0 Å². The topological polar surface area (TPSA) is 59.0 Å². The van der Waals surface area contributed by atoms with Crippen LogP contribution in [0.5, 0.6) is 0 Å². The van der Waals surface area contributed by atoms with E-state index in [2.05, 4.69) is 36.1 Å². The maximum absolute atomic E-state index is 12.4. The average Bonchev–Trinajstić information content (AvgIpc) is 3.05. The molecule has 0 aliphatic carbocycles. The molecule has 2 aromatic rings. The monoisotopic (exact) mass is 344 g/mol. The lowest BCUT2D eigenvalue weighted by molar-refractivity contribution is 0.0684. The Labute approximate surface area is 147 Å². The summed E-state index contributed by atoms with van der Waals surface area (Å²) in [6.45, 7) is 8.17. The van der Waals surface area contributed by atoms with Crippen LogP contribution in [0.4, 0.5) is 0 Å². The molecule has 3 heterocycles. The van der Waals surface area contributed by atoms with Gasteiger partial charge in [-0.1, -0.05) is 20.8 Å². The summed E-state index contributed by atoms with van der Waals surface area (Å²) in [5.41, 5.74) is 1.73. The van der Waals surface area contributed by atoms with Crippen molar-refractivity contribution in [1.29, 1.82) is 0 Å². The summed E-state index contributed by atoms with van der Waals surface area (Å²) in [6.07, 6.45) is 7.76. The first-order chi connectivity index (χ1) is 11.4. The molecule has 0 N–H and O–H groups in total. The van der Waals surface area contributed by atoms with Crippen LogP contribution >= 0.6 is 11.3 Å². The number of hydrogen-bond donors (Lipinski definition) is 0. The van der Waals surface area contributed by atoms with Crippen LogP contribution in [0.25, 0.3) is 0 Å². The van der Waals surface area contributed by atoms with Gasteiger partial charge in [-0.05, 0) is 18.8 Å². The van der Waals surface area contributed by atoms with Gasteiger partial charge < -0.3 is 4.90 Å². The molecule has 0 bridgehead atoms. The Hall–Kier alpha value is -1.82. The van der Waals surface area contributed by atoms with Crippen molar-refractivity contribution < 1.29 is 4.79 Å². The highest BCUT2D eigenvalue weighted by molar-refractivity contribution is 7.09. The maximum atomic E-state index is 12.4. The molecule has 128 valence electrons. The van der Waals surface area contributed by atoms with E-state index >= 15 is 0 Å². The summed E-state index contributed by atoms with van der Waals surface area (Å²) in [4.78, 5) is 27.2. The van der Waals surface area contributed by atoms with Crippen LogP contribution in [-0.4, -0.2) is 38.8 Å². The first-order valence-electron chi connectivity index (χ1n) is 8.43. The Morgan fingerprint density at radius 3 is 2.62 bits per heavy atom. The van der Waals surface area contributed by atoms with E-state index in [0.29, 0.717) is 11.6 Å². The number of carbonyl (C=O) groups is 1. The Morgan fingerprint density at radius 1 is 1.29 bits per heavy atom.